The van der Waals surface area contributed by atoms with E-state index in [1.54, 1.807) is 11.3 Å². The van der Waals surface area contributed by atoms with E-state index in [-0.39, 0.29) is 11.9 Å². The van der Waals surface area contributed by atoms with Gasteiger partial charge in [-0.3, -0.25) is 4.79 Å². The van der Waals surface area contributed by atoms with Crippen molar-refractivity contribution in [2.75, 3.05) is 19.8 Å². The quantitative estimate of drug-likeness (QED) is 0.731. The number of ether oxygens (including phenoxy) is 1. The largest absolute Gasteiger partial charge is 0.380 e. The van der Waals surface area contributed by atoms with Crippen molar-refractivity contribution in [2.24, 2.45) is 0 Å². The number of fused-ring (bicyclic) bond motifs is 2. The number of aromatic nitrogens is 2. The van der Waals surface area contributed by atoms with Gasteiger partial charge in [0.05, 0.1) is 36.1 Å². The molecular formula is C18H19N3O2S. The highest BCUT2D eigenvalue weighted by Crippen LogP contribution is 2.29. The molecule has 1 unspecified atom stereocenters. The Labute approximate surface area is 144 Å². The molecule has 1 atom stereocenters. The summed E-state index contributed by atoms with van der Waals surface area (Å²) in [7, 11) is 0. The summed E-state index contributed by atoms with van der Waals surface area (Å²) in [6.45, 7) is 4.49. The van der Waals surface area contributed by atoms with Crippen molar-refractivity contribution < 1.29 is 9.53 Å². The van der Waals surface area contributed by atoms with E-state index in [1.807, 2.05) is 48.6 Å². The zero-order valence-electron chi connectivity index (χ0n) is 13.5. The van der Waals surface area contributed by atoms with Gasteiger partial charge in [-0.2, -0.15) is 0 Å². The molecule has 0 aliphatic carbocycles. The van der Waals surface area contributed by atoms with E-state index in [0.717, 1.165) is 20.7 Å². The molecule has 0 fully saturated rings. The molecule has 124 valence electrons. The average molecular weight is 341 g/mol. The summed E-state index contributed by atoms with van der Waals surface area (Å²) < 4.78 is 8.87. The van der Waals surface area contributed by atoms with E-state index < -0.39 is 0 Å². The summed E-state index contributed by atoms with van der Waals surface area (Å²) >= 11 is 1.56. The maximum Gasteiger partial charge on any atom is 0.264 e. The minimum Gasteiger partial charge on any atom is -0.380 e. The van der Waals surface area contributed by atoms with Gasteiger partial charge in [-0.15, -0.1) is 11.3 Å². The average Bonchev–Trinajstić information content (AvgIpc) is 3.25. The molecular weight excluding hydrogens is 322 g/mol. The van der Waals surface area contributed by atoms with Gasteiger partial charge in [0.1, 0.15) is 0 Å². The molecule has 0 saturated carbocycles. The van der Waals surface area contributed by atoms with Gasteiger partial charge in [0.2, 0.25) is 0 Å². The number of carbonyl (C=O) groups is 1. The number of benzene rings is 1. The van der Waals surface area contributed by atoms with Gasteiger partial charge in [-0.05, 0) is 24.4 Å². The molecule has 0 spiro atoms. The van der Waals surface area contributed by atoms with Crippen molar-refractivity contribution >= 4 is 27.3 Å². The van der Waals surface area contributed by atoms with Gasteiger partial charge in [0, 0.05) is 24.0 Å². The molecule has 3 heterocycles. The monoisotopic (exact) mass is 341 g/mol. The van der Waals surface area contributed by atoms with Crippen LogP contribution >= 0.6 is 11.3 Å². The smallest absolute Gasteiger partial charge is 0.264 e. The van der Waals surface area contributed by atoms with Crippen LogP contribution in [-0.2, 0) is 11.3 Å². The normalized spacial score (nSPS) is 17.2. The maximum atomic E-state index is 13.0. The lowest BCUT2D eigenvalue weighted by atomic mass is 10.2. The van der Waals surface area contributed by atoms with E-state index in [2.05, 4.69) is 15.6 Å². The zero-order valence-corrected chi connectivity index (χ0v) is 14.3. The topological polar surface area (TPSA) is 47.4 Å². The third kappa shape index (κ3) is 2.72. The molecule has 0 saturated heterocycles. The number of hydrogen-bond donors (Lipinski definition) is 0. The number of imidazole rings is 1. The van der Waals surface area contributed by atoms with Crippen LogP contribution in [0.5, 0.6) is 0 Å². The van der Waals surface area contributed by atoms with E-state index in [1.165, 1.54) is 0 Å². The summed E-state index contributed by atoms with van der Waals surface area (Å²) in [5.74, 6) is 0.0881. The fourth-order valence-electron chi connectivity index (χ4n) is 3.17. The molecule has 6 heteroatoms. The van der Waals surface area contributed by atoms with Gasteiger partial charge < -0.3 is 14.2 Å². The molecule has 4 rings (SSSR count). The van der Waals surface area contributed by atoms with Crippen LogP contribution in [0.2, 0.25) is 0 Å². The molecule has 24 heavy (non-hydrogen) atoms. The Morgan fingerprint density at radius 3 is 3.12 bits per heavy atom. The van der Waals surface area contributed by atoms with Gasteiger partial charge in [-0.25, -0.2) is 4.98 Å². The minimum absolute atomic E-state index is 0.0881. The highest BCUT2D eigenvalue weighted by molar-refractivity contribution is 7.20. The Hall–Kier alpha value is -2.18. The highest BCUT2D eigenvalue weighted by Gasteiger charge is 2.29. The SMILES string of the molecule is CCOCC1CN(C(=O)c2cc3ccccc3s2)Cc2cncn21. The van der Waals surface area contributed by atoms with E-state index in [0.29, 0.717) is 26.3 Å². The van der Waals surface area contributed by atoms with Crippen molar-refractivity contribution in [1.29, 1.82) is 0 Å². The summed E-state index contributed by atoms with van der Waals surface area (Å²) in [6.07, 6.45) is 3.67. The molecule has 1 aliphatic rings. The highest BCUT2D eigenvalue weighted by atomic mass is 32.1. The van der Waals surface area contributed by atoms with Crippen molar-refractivity contribution in [3.63, 3.8) is 0 Å². The van der Waals surface area contributed by atoms with Crippen molar-refractivity contribution in [1.82, 2.24) is 14.5 Å². The lowest BCUT2D eigenvalue weighted by molar-refractivity contribution is 0.0548. The first-order chi connectivity index (χ1) is 11.8. The maximum absolute atomic E-state index is 13.0. The van der Waals surface area contributed by atoms with Crippen LogP contribution in [0.4, 0.5) is 0 Å². The van der Waals surface area contributed by atoms with Crippen LogP contribution in [0, 0.1) is 0 Å². The molecule has 0 bridgehead atoms. The number of hydrogen-bond acceptors (Lipinski definition) is 4. The Kier molecular flexibility index (Phi) is 4.08. The van der Waals surface area contributed by atoms with Crippen LogP contribution in [0.25, 0.3) is 10.1 Å². The second-order valence-electron chi connectivity index (χ2n) is 5.94. The fraction of sp³-hybridized carbons (Fsp3) is 0.333. The first kappa shape index (κ1) is 15.4. The number of nitrogens with zero attached hydrogens (tertiary/aromatic N) is 3. The molecule has 1 aromatic carbocycles. The number of rotatable bonds is 4. The van der Waals surface area contributed by atoms with Gasteiger partial charge in [0.25, 0.3) is 5.91 Å². The van der Waals surface area contributed by atoms with Gasteiger partial charge in [0.15, 0.2) is 0 Å². The molecule has 2 aromatic heterocycles. The van der Waals surface area contributed by atoms with E-state index in [4.69, 9.17) is 4.74 Å². The molecule has 1 amide bonds. The standard InChI is InChI=1S/C18H19N3O2S/c1-2-23-11-15-10-20(9-14-8-19-12-21(14)15)18(22)17-7-13-5-3-4-6-16(13)24-17/h3-8,12,15H,2,9-11H2,1H3. The summed E-state index contributed by atoms with van der Waals surface area (Å²) in [5.41, 5.74) is 1.06. The Bertz CT molecular complexity index is 837. The Morgan fingerprint density at radius 2 is 2.29 bits per heavy atom. The second kappa shape index (κ2) is 6.37. The van der Waals surface area contributed by atoms with Gasteiger partial charge in [-0.1, -0.05) is 18.2 Å². The van der Waals surface area contributed by atoms with Crippen molar-refractivity contribution in [3.05, 3.63) is 53.4 Å². The summed E-state index contributed by atoms with van der Waals surface area (Å²) in [6, 6.07) is 10.2. The van der Waals surface area contributed by atoms with Crippen LogP contribution in [0.3, 0.4) is 0 Å². The van der Waals surface area contributed by atoms with E-state index >= 15 is 0 Å². The predicted molar refractivity (Wildman–Crippen MR) is 94.3 cm³/mol. The molecule has 1 aliphatic heterocycles. The second-order valence-corrected chi connectivity index (χ2v) is 7.02. The first-order valence-corrected chi connectivity index (χ1v) is 8.94. The fourth-order valence-corrected chi connectivity index (χ4v) is 4.20. The zero-order chi connectivity index (χ0) is 16.5. The molecule has 3 aromatic rings. The minimum atomic E-state index is 0.0881. The third-order valence-electron chi connectivity index (χ3n) is 4.36. The Morgan fingerprint density at radius 1 is 1.42 bits per heavy atom. The summed E-state index contributed by atoms with van der Waals surface area (Å²) in [4.78, 5) is 19.9. The number of amides is 1. The molecule has 5 nitrogen and oxygen atoms in total. The Balaban J connectivity index is 1.60. The summed E-state index contributed by atoms with van der Waals surface area (Å²) in [5, 5.41) is 1.12. The van der Waals surface area contributed by atoms with Crippen LogP contribution in [0.1, 0.15) is 28.3 Å². The van der Waals surface area contributed by atoms with Crippen LogP contribution in [0.15, 0.2) is 42.9 Å². The van der Waals surface area contributed by atoms with Crippen LogP contribution in [-0.4, -0.2) is 40.1 Å². The van der Waals surface area contributed by atoms with Crippen molar-refractivity contribution in [3.8, 4) is 0 Å². The lowest BCUT2D eigenvalue weighted by Crippen LogP contribution is -2.42. The lowest BCUT2D eigenvalue weighted by Gasteiger charge is -2.34. The van der Waals surface area contributed by atoms with Gasteiger partial charge >= 0.3 is 0 Å². The third-order valence-corrected chi connectivity index (χ3v) is 5.47. The number of thiophene rings is 1. The van der Waals surface area contributed by atoms with Crippen LogP contribution < -0.4 is 0 Å². The molecule has 0 N–H and O–H groups in total. The molecule has 0 radical (unpaired) electrons. The first-order valence-electron chi connectivity index (χ1n) is 8.12. The predicted octanol–water partition coefficient (Wildman–Crippen LogP) is 3.33. The van der Waals surface area contributed by atoms with E-state index in [9.17, 15) is 4.79 Å². The number of carbonyl (C=O) groups excluding carboxylic acids is 1. The van der Waals surface area contributed by atoms with Crippen molar-refractivity contribution in [2.45, 2.75) is 19.5 Å².